The monoisotopic (exact) mass is 653 g/mol. The molecule has 0 bridgehead atoms. The van der Waals surface area contributed by atoms with Gasteiger partial charge >= 0.3 is 12.3 Å². The van der Waals surface area contributed by atoms with Gasteiger partial charge in [-0.3, -0.25) is 9.78 Å². The van der Waals surface area contributed by atoms with E-state index in [0.717, 1.165) is 6.20 Å². The SMILES string of the molecule is C[C@H]1O[C@H](CCc2c(F)cncc2NC(=O)[C@@H](N)C(c2ccc(F)cc2)c2ccc(F)cc2)CN[C@@H]1COC(=O)NCC(F)(F)F. The minimum Gasteiger partial charge on any atom is -0.448 e. The van der Waals surface area contributed by atoms with Crippen LogP contribution in [0.25, 0.3) is 0 Å². The number of ether oxygens (including phenoxy) is 2. The van der Waals surface area contributed by atoms with Crippen molar-refractivity contribution in [2.75, 3.05) is 25.0 Å². The van der Waals surface area contributed by atoms with E-state index in [4.69, 9.17) is 15.2 Å². The Bertz CT molecular complexity index is 1430. The van der Waals surface area contributed by atoms with Gasteiger partial charge in [0.25, 0.3) is 0 Å². The number of rotatable bonds is 11. The average Bonchev–Trinajstić information content (AvgIpc) is 3.01. The fraction of sp³-hybridized carbons (Fsp3) is 0.387. The van der Waals surface area contributed by atoms with Gasteiger partial charge in [-0.1, -0.05) is 24.3 Å². The molecule has 3 aromatic rings. The summed E-state index contributed by atoms with van der Waals surface area (Å²) in [6, 6.07) is 9.06. The van der Waals surface area contributed by atoms with Crippen molar-refractivity contribution in [1.29, 1.82) is 0 Å². The van der Waals surface area contributed by atoms with Crippen LogP contribution >= 0.6 is 0 Å². The van der Waals surface area contributed by atoms with Crippen molar-refractivity contribution in [3.63, 3.8) is 0 Å². The normalized spacial score (nSPS) is 19.0. The van der Waals surface area contributed by atoms with E-state index in [9.17, 15) is 35.9 Å². The number of amides is 2. The van der Waals surface area contributed by atoms with Gasteiger partial charge < -0.3 is 31.2 Å². The number of morpholine rings is 1. The molecular formula is C31H33F6N5O4. The number of hydrogen-bond acceptors (Lipinski definition) is 7. The summed E-state index contributed by atoms with van der Waals surface area (Å²) >= 11 is 0. The maximum Gasteiger partial charge on any atom is 0.407 e. The molecule has 2 aromatic carbocycles. The quantitative estimate of drug-likeness (QED) is 0.224. The zero-order chi connectivity index (χ0) is 33.4. The van der Waals surface area contributed by atoms with E-state index in [1.165, 1.54) is 54.7 Å². The standard InChI is InChI=1S/C31H33F6N5O4/c1-17-26(15-45-30(44)41-16-31(35,36)37)40-12-22(46-17)10-11-23-24(34)13-39-14-25(23)42-29(43)28(38)27(18-2-6-20(32)7-3-18)19-4-8-21(33)9-5-19/h2-9,13-14,17,22,26-28,40H,10-12,15-16,38H2,1H3,(H,41,44)(H,42,43)/t17-,22-,26-,28+/m1/s1. The van der Waals surface area contributed by atoms with Crippen LogP contribution in [-0.4, -0.2) is 67.1 Å². The van der Waals surface area contributed by atoms with Gasteiger partial charge in [0.2, 0.25) is 5.91 Å². The molecule has 2 heterocycles. The molecule has 1 saturated heterocycles. The smallest absolute Gasteiger partial charge is 0.407 e. The van der Waals surface area contributed by atoms with E-state index < -0.39 is 72.4 Å². The van der Waals surface area contributed by atoms with Crippen LogP contribution in [0.1, 0.15) is 36.0 Å². The van der Waals surface area contributed by atoms with Crippen molar-refractivity contribution in [2.24, 2.45) is 5.73 Å². The molecule has 0 unspecified atom stereocenters. The van der Waals surface area contributed by atoms with Gasteiger partial charge in [0.05, 0.1) is 42.4 Å². The van der Waals surface area contributed by atoms with Gasteiger partial charge in [-0.25, -0.2) is 18.0 Å². The molecule has 5 N–H and O–H groups in total. The van der Waals surface area contributed by atoms with Gasteiger partial charge in [0.15, 0.2) is 0 Å². The van der Waals surface area contributed by atoms with Crippen LogP contribution in [0.4, 0.5) is 36.8 Å². The summed E-state index contributed by atoms with van der Waals surface area (Å²) in [5, 5.41) is 7.39. The number of alkyl carbamates (subject to hydrolysis) is 1. The number of carbonyl (C=O) groups is 2. The van der Waals surface area contributed by atoms with Gasteiger partial charge in [-0.15, -0.1) is 0 Å². The second-order valence-electron chi connectivity index (χ2n) is 10.8. The first-order chi connectivity index (χ1) is 21.8. The molecule has 1 aliphatic rings. The predicted octanol–water partition coefficient (Wildman–Crippen LogP) is 4.56. The van der Waals surface area contributed by atoms with Gasteiger partial charge in [-0.2, -0.15) is 13.2 Å². The molecule has 1 aliphatic heterocycles. The Morgan fingerprint density at radius 1 is 1.04 bits per heavy atom. The molecule has 4 rings (SSSR count). The van der Waals surface area contributed by atoms with Crippen molar-refractivity contribution >= 4 is 17.7 Å². The molecule has 0 aliphatic carbocycles. The van der Waals surface area contributed by atoms with Crippen LogP contribution in [0, 0.1) is 17.5 Å². The summed E-state index contributed by atoms with van der Waals surface area (Å²) in [6.07, 6.45) is -3.96. The largest absolute Gasteiger partial charge is 0.448 e. The van der Waals surface area contributed by atoms with Crippen LogP contribution in [-0.2, 0) is 20.7 Å². The minimum atomic E-state index is -4.56. The lowest BCUT2D eigenvalue weighted by molar-refractivity contribution is -0.124. The third kappa shape index (κ3) is 9.64. The third-order valence-corrected chi connectivity index (χ3v) is 7.51. The van der Waals surface area contributed by atoms with Crippen LogP contribution in [0.15, 0.2) is 60.9 Å². The number of nitrogens with zero attached hydrogens (tertiary/aromatic N) is 1. The lowest BCUT2D eigenvalue weighted by Crippen LogP contribution is -2.54. The molecular weight excluding hydrogens is 620 g/mol. The summed E-state index contributed by atoms with van der Waals surface area (Å²) < 4.78 is 89.9. The lowest BCUT2D eigenvalue weighted by atomic mass is 9.85. The molecule has 2 amide bonds. The fourth-order valence-corrected chi connectivity index (χ4v) is 5.09. The summed E-state index contributed by atoms with van der Waals surface area (Å²) in [6.45, 7) is 0.225. The van der Waals surface area contributed by atoms with Crippen LogP contribution < -0.4 is 21.7 Å². The Kier molecular flexibility index (Phi) is 11.6. The van der Waals surface area contributed by atoms with Crippen molar-refractivity contribution in [1.82, 2.24) is 15.6 Å². The van der Waals surface area contributed by atoms with E-state index in [1.807, 2.05) is 0 Å². The lowest BCUT2D eigenvalue weighted by Gasteiger charge is -2.35. The maximum absolute atomic E-state index is 15.0. The van der Waals surface area contributed by atoms with Gasteiger partial charge in [0, 0.05) is 18.0 Å². The topological polar surface area (TPSA) is 128 Å². The fourth-order valence-electron chi connectivity index (χ4n) is 5.09. The van der Waals surface area contributed by atoms with Crippen molar-refractivity contribution in [3.05, 3.63) is 95.1 Å². The zero-order valence-electron chi connectivity index (χ0n) is 24.6. The Morgan fingerprint density at radius 3 is 2.22 bits per heavy atom. The average molecular weight is 654 g/mol. The molecule has 248 valence electrons. The summed E-state index contributed by atoms with van der Waals surface area (Å²) in [4.78, 5) is 28.8. The number of benzene rings is 2. The highest BCUT2D eigenvalue weighted by atomic mass is 19.4. The van der Waals surface area contributed by atoms with E-state index in [1.54, 1.807) is 12.2 Å². The predicted molar refractivity (Wildman–Crippen MR) is 155 cm³/mol. The van der Waals surface area contributed by atoms with Crippen LogP contribution in [0.2, 0.25) is 0 Å². The Balaban J connectivity index is 1.38. The van der Waals surface area contributed by atoms with Crippen LogP contribution in [0.5, 0.6) is 0 Å². The summed E-state index contributed by atoms with van der Waals surface area (Å²) in [5.74, 6) is -3.12. The number of pyridine rings is 1. The minimum absolute atomic E-state index is 0.0883. The zero-order valence-corrected chi connectivity index (χ0v) is 24.6. The number of nitrogens with two attached hydrogens (primary N) is 1. The summed E-state index contributed by atoms with van der Waals surface area (Å²) in [5.41, 5.74) is 7.67. The molecule has 0 spiro atoms. The number of alkyl halides is 3. The Hall–Kier alpha value is -4.21. The highest BCUT2D eigenvalue weighted by Gasteiger charge is 2.32. The number of carbonyl (C=O) groups excluding carboxylic acids is 2. The van der Waals surface area contributed by atoms with E-state index >= 15 is 0 Å². The molecule has 15 heteroatoms. The van der Waals surface area contributed by atoms with E-state index in [0.29, 0.717) is 17.5 Å². The first-order valence-electron chi connectivity index (χ1n) is 14.4. The molecule has 46 heavy (non-hydrogen) atoms. The van der Waals surface area contributed by atoms with Gasteiger partial charge in [0.1, 0.15) is 30.6 Å². The van der Waals surface area contributed by atoms with Crippen molar-refractivity contribution in [2.45, 2.75) is 56.2 Å². The molecule has 9 nitrogen and oxygen atoms in total. The second-order valence-corrected chi connectivity index (χ2v) is 10.8. The van der Waals surface area contributed by atoms with Gasteiger partial charge in [-0.05, 0) is 55.2 Å². The third-order valence-electron chi connectivity index (χ3n) is 7.51. The highest BCUT2D eigenvalue weighted by Crippen LogP contribution is 2.30. The Morgan fingerprint density at radius 2 is 1.65 bits per heavy atom. The second kappa shape index (κ2) is 15.4. The number of nitrogens with one attached hydrogen (secondary N) is 3. The number of hydrogen-bond donors (Lipinski definition) is 4. The molecule has 0 saturated carbocycles. The number of aromatic nitrogens is 1. The number of anilines is 1. The first-order valence-corrected chi connectivity index (χ1v) is 14.4. The molecule has 1 fully saturated rings. The van der Waals surface area contributed by atoms with Crippen LogP contribution in [0.3, 0.4) is 0 Å². The number of halogens is 6. The molecule has 0 radical (unpaired) electrons. The van der Waals surface area contributed by atoms with E-state index in [-0.39, 0.29) is 30.8 Å². The molecule has 1 aromatic heterocycles. The first kappa shape index (κ1) is 34.7. The summed E-state index contributed by atoms with van der Waals surface area (Å²) in [7, 11) is 0. The van der Waals surface area contributed by atoms with E-state index in [2.05, 4.69) is 15.6 Å². The van der Waals surface area contributed by atoms with Crippen molar-refractivity contribution < 1.29 is 45.4 Å². The highest BCUT2D eigenvalue weighted by molar-refractivity contribution is 5.96. The maximum atomic E-state index is 15.0. The molecule has 4 atom stereocenters. The van der Waals surface area contributed by atoms with Crippen molar-refractivity contribution in [3.8, 4) is 0 Å². The Labute approximate surface area is 260 Å².